The van der Waals surface area contributed by atoms with Gasteiger partial charge in [-0.15, -0.1) is 0 Å². The monoisotopic (exact) mass is 323 g/mol. The first-order valence-electron chi connectivity index (χ1n) is 8.08. The van der Waals surface area contributed by atoms with E-state index in [1.165, 1.54) is 0 Å². The lowest BCUT2D eigenvalue weighted by atomic mass is 10.1. The third-order valence-corrected chi connectivity index (χ3v) is 4.31. The molecule has 1 aliphatic heterocycles. The first-order chi connectivity index (χ1) is 11.6. The van der Waals surface area contributed by atoms with Crippen molar-refractivity contribution < 1.29 is 4.92 Å². The second-order valence-electron chi connectivity index (χ2n) is 6.04. The SMILES string of the molecule is CN1CCN(c2ccc(/C=C/c3ccccc3)cc2[N+](=O)[O-])CC1. The molecule has 1 saturated heterocycles. The highest BCUT2D eigenvalue weighted by atomic mass is 16.6. The van der Waals surface area contributed by atoms with Gasteiger partial charge in [-0.25, -0.2) is 0 Å². The molecule has 0 amide bonds. The molecule has 0 saturated carbocycles. The summed E-state index contributed by atoms with van der Waals surface area (Å²) in [5.41, 5.74) is 2.80. The Morgan fingerprint density at radius 3 is 2.29 bits per heavy atom. The molecule has 24 heavy (non-hydrogen) atoms. The summed E-state index contributed by atoms with van der Waals surface area (Å²) in [6.07, 6.45) is 3.88. The lowest BCUT2D eigenvalue weighted by Gasteiger charge is -2.33. The summed E-state index contributed by atoms with van der Waals surface area (Å²) < 4.78 is 0. The van der Waals surface area contributed by atoms with E-state index in [0.29, 0.717) is 5.69 Å². The molecule has 0 spiro atoms. The summed E-state index contributed by atoms with van der Waals surface area (Å²) in [5, 5.41) is 11.5. The maximum atomic E-state index is 11.5. The molecular weight excluding hydrogens is 302 g/mol. The second-order valence-corrected chi connectivity index (χ2v) is 6.04. The molecule has 124 valence electrons. The zero-order valence-corrected chi connectivity index (χ0v) is 13.8. The van der Waals surface area contributed by atoms with Crippen LogP contribution >= 0.6 is 0 Å². The van der Waals surface area contributed by atoms with Gasteiger partial charge in [-0.05, 0) is 24.2 Å². The number of benzene rings is 2. The number of anilines is 1. The molecule has 1 aliphatic rings. The number of likely N-dealkylation sites (N-methyl/N-ethyl adjacent to an activating group) is 1. The van der Waals surface area contributed by atoms with Gasteiger partial charge < -0.3 is 9.80 Å². The van der Waals surface area contributed by atoms with Gasteiger partial charge in [0.15, 0.2) is 0 Å². The van der Waals surface area contributed by atoms with E-state index in [2.05, 4.69) is 16.8 Å². The van der Waals surface area contributed by atoms with Crippen molar-refractivity contribution in [1.29, 1.82) is 0 Å². The Bertz CT molecular complexity index is 736. The standard InChI is InChI=1S/C19H21N3O2/c1-20-11-13-21(14-12-20)18-10-9-17(15-19(18)22(23)24)8-7-16-5-3-2-4-6-16/h2-10,15H,11-14H2,1H3/b8-7+. The number of hydrogen-bond acceptors (Lipinski definition) is 4. The van der Waals surface area contributed by atoms with Crippen molar-refractivity contribution in [3.8, 4) is 0 Å². The van der Waals surface area contributed by atoms with Gasteiger partial charge in [0.2, 0.25) is 0 Å². The highest BCUT2D eigenvalue weighted by Crippen LogP contribution is 2.30. The van der Waals surface area contributed by atoms with Gasteiger partial charge in [-0.3, -0.25) is 10.1 Å². The van der Waals surface area contributed by atoms with Crippen LogP contribution in [0.1, 0.15) is 11.1 Å². The summed E-state index contributed by atoms with van der Waals surface area (Å²) in [5.74, 6) is 0. The van der Waals surface area contributed by atoms with Crippen LogP contribution in [-0.4, -0.2) is 43.0 Å². The van der Waals surface area contributed by atoms with E-state index >= 15 is 0 Å². The van der Waals surface area contributed by atoms with Crippen LogP contribution in [0, 0.1) is 10.1 Å². The summed E-state index contributed by atoms with van der Waals surface area (Å²) in [7, 11) is 2.07. The number of nitro benzene ring substituents is 1. The Kier molecular flexibility index (Phi) is 4.91. The summed E-state index contributed by atoms with van der Waals surface area (Å²) >= 11 is 0. The van der Waals surface area contributed by atoms with Gasteiger partial charge in [0.05, 0.1) is 4.92 Å². The van der Waals surface area contributed by atoms with Gasteiger partial charge in [0.1, 0.15) is 5.69 Å². The Hall–Kier alpha value is -2.66. The summed E-state index contributed by atoms with van der Waals surface area (Å²) in [6.45, 7) is 3.48. The van der Waals surface area contributed by atoms with Crippen molar-refractivity contribution >= 4 is 23.5 Å². The molecule has 0 N–H and O–H groups in total. The van der Waals surface area contributed by atoms with Crippen LogP contribution in [-0.2, 0) is 0 Å². The number of rotatable bonds is 4. The van der Waals surface area contributed by atoms with Crippen LogP contribution < -0.4 is 4.90 Å². The quantitative estimate of drug-likeness (QED) is 0.491. The predicted octanol–water partition coefficient (Wildman–Crippen LogP) is 3.52. The van der Waals surface area contributed by atoms with Gasteiger partial charge in [0, 0.05) is 32.2 Å². The van der Waals surface area contributed by atoms with Crippen LogP contribution in [0.4, 0.5) is 11.4 Å². The van der Waals surface area contributed by atoms with E-state index in [1.807, 2.05) is 54.6 Å². The Balaban J connectivity index is 1.85. The van der Waals surface area contributed by atoms with Crippen molar-refractivity contribution in [1.82, 2.24) is 4.90 Å². The van der Waals surface area contributed by atoms with Gasteiger partial charge in [0.25, 0.3) is 5.69 Å². The van der Waals surface area contributed by atoms with Crippen LogP contribution in [0.2, 0.25) is 0 Å². The van der Waals surface area contributed by atoms with Gasteiger partial charge >= 0.3 is 0 Å². The normalized spacial score (nSPS) is 15.8. The van der Waals surface area contributed by atoms with E-state index in [9.17, 15) is 10.1 Å². The van der Waals surface area contributed by atoms with Crippen LogP contribution in [0.25, 0.3) is 12.2 Å². The first kappa shape index (κ1) is 16.2. The highest BCUT2D eigenvalue weighted by molar-refractivity contribution is 5.74. The van der Waals surface area contributed by atoms with Crippen LogP contribution in [0.3, 0.4) is 0 Å². The average Bonchev–Trinajstić information content (AvgIpc) is 2.61. The molecule has 0 unspecified atom stereocenters. The molecule has 1 heterocycles. The zero-order chi connectivity index (χ0) is 16.9. The fraction of sp³-hybridized carbons (Fsp3) is 0.263. The summed E-state index contributed by atoms with van der Waals surface area (Å²) in [4.78, 5) is 15.6. The molecule has 1 fully saturated rings. The van der Waals surface area contributed by atoms with E-state index < -0.39 is 0 Å². The Morgan fingerprint density at radius 1 is 0.958 bits per heavy atom. The second kappa shape index (κ2) is 7.27. The van der Waals surface area contributed by atoms with Crippen molar-refractivity contribution in [2.75, 3.05) is 38.1 Å². The van der Waals surface area contributed by atoms with E-state index in [-0.39, 0.29) is 10.6 Å². The minimum atomic E-state index is -0.284. The number of nitrogens with zero attached hydrogens (tertiary/aromatic N) is 3. The smallest absolute Gasteiger partial charge is 0.293 e. The fourth-order valence-corrected chi connectivity index (χ4v) is 2.86. The number of nitro groups is 1. The lowest BCUT2D eigenvalue weighted by Crippen LogP contribution is -2.44. The summed E-state index contributed by atoms with van der Waals surface area (Å²) in [6, 6.07) is 15.4. The molecule has 5 nitrogen and oxygen atoms in total. The molecule has 0 aliphatic carbocycles. The minimum absolute atomic E-state index is 0.176. The molecule has 0 bridgehead atoms. The molecule has 0 radical (unpaired) electrons. The molecule has 0 atom stereocenters. The van der Waals surface area contributed by atoms with Crippen molar-refractivity contribution in [2.24, 2.45) is 0 Å². The first-order valence-corrected chi connectivity index (χ1v) is 8.08. The molecule has 5 heteroatoms. The van der Waals surface area contributed by atoms with Gasteiger partial charge in [-0.2, -0.15) is 0 Å². The topological polar surface area (TPSA) is 49.6 Å². The van der Waals surface area contributed by atoms with Crippen molar-refractivity contribution in [2.45, 2.75) is 0 Å². The molecule has 0 aromatic heterocycles. The molecular formula is C19H21N3O2. The van der Waals surface area contributed by atoms with Gasteiger partial charge in [-0.1, -0.05) is 48.6 Å². The predicted molar refractivity (Wildman–Crippen MR) is 98.2 cm³/mol. The molecule has 2 aromatic rings. The highest BCUT2D eigenvalue weighted by Gasteiger charge is 2.22. The fourth-order valence-electron chi connectivity index (χ4n) is 2.86. The van der Waals surface area contributed by atoms with Crippen LogP contribution in [0.5, 0.6) is 0 Å². The maximum Gasteiger partial charge on any atom is 0.293 e. The Labute approximate surface area is 142 Å². The number of hydrogen-bond donors (Lipinski definition) is 0. The van der Waals surface area contributed by atoms with E-state index in [0.717, 1.165) is 37.3 Å². The Morgan fingerprint density at radius 2 is 1.62 bits per heavy atom. The third kappa shape index (κ3) is 3.81. The third-order valence-electron chi connectivity index (χ3n) is 4.31. The van der Waals surface area contributed by atoms with Crippen molar-refractivity contribution in [3.05, 3.63) is 69.8 Å². The van der Waals surface area contributed by atoms with E-state index in [4.69, 9.17) is 0 Å². The molecule has 2 aromatic carbocycles. The van der Waals surface area contributed by atoms with Crippen LogP contribution in [0.15, 0.2) is 48.5 Å². The number of piperazine rings is 1. The zero-order valence-electron chi connectivity index (χ0n) is 13.8. The molecule has 3 rings (SSSR count). The minimum Gasteiger partial charge on any atom is -0.363 e. The van der Waals surface area contributed by atoms with E-state index in [1.54, 1.807) is 6.07 Å². The van der Waals surface area contributed by atoms with Crippen molar-refractivity contribution in [3.63, 3.8) is 0 Å². The average molecular weight is 323 g/mol. The maximum absolute atomic E-state index is 11.5. The largest absolute Gasteiger partial charge is 0.363 e. The lowest BCUT2D eigenvalue weighted by molar-refractivity contribution is -0.384.